The number of rotatable bonds is 5. The SMILES string of the molecule is N#Cc1cc(N=O)ccc1NCCc1c[nH]c2ccccc12. The molecule has 5 heteroatoms. The number of hydrogen-bond acceptors (Lipinski definition) is 4. The van der Waals surface area contributed by atoms with Crippen LogP contribution < -0.4 is 5.32 Å². The van der Waals surface area contributed by atoms with Crippen LogP contribution in [0.1, 0.15) is 11.1 Å². The Morgan fingerprint density at radius 2 is 2.09 bits per heavy atom. The zero-order valence-corrected chi connectivity index (χ0v) is 11.8. The summed E-state index contributed by atoms with van der Waals surface area (Å²) in [6.07, 6.45) is 2.85. The van der Waals surface area contributed by atoms with E-state index in [1.807, 2.05) is 24.4 Å². The summed E-state index contributed by atoms with van der Waals surface area (Å²) < 4.78 is 0. The van der Waals surface area contributed by atoms with Gasteiger partial charge < -0.3 is 10.3 Å². The van der Waals surface area contributed by atoms with Gasteiger partial charge in [0.15, 0.2) is 0 Å². The van der Waals surface area contributed by atoms with Crippen molar-refractivity contribution in [3.63, 3.8) is 0 Å². The van der Waals surface area contributed by atoms with E-state index in [1.165, 1.54) is 17.0 Å². The maximum absolute atomic E-state index is 10.5. The highest BCUT2D eigenvalue weighted by molar-refractivity contribution is 5.83. The molecule has 1 heterocycles. The summed E-state index contributed by atoms with van der Waals surface area (Å²) in [5, 5.41) is 16.4. The van der Waals surface area contributed by atoms with Crippen LogP contribution in [0.15, 0.2) is 53.8 Å². The van der Waals surface area contributed by atoms with Gasteiger partial charge in [-0.3, -0.25) is 0 Å². The molecule has 0 amide bonds. The van der Waals surface area contributed by atoms with Crippen molar-refractivity contribution in [3.8, 4) is 6.07 Å². The number of fused-ring (bicyclic) bond motifs is 1. The number of benzene rings is 2. The van der Waals surface area contributed by atoms with E-state index < -0.39 is 0 Å². The first-order chi connectivity index (χ1) is 10.8. The van der Waals surface area contributed by atoms with E-state index in [0.717, 1.165) is 17.6 Å². The summed E-state index contributed by atoms with van der Waals surface area (Å²) in [5.74, 6) is 0. The second kappa shape index (κ2) is 6.10. The lowest BCUT2D eigenvalue weighted by Gasteiger charge is -2.08. The molecule has 0 bridgehead atoms. The highest BCUT2D eigenvalue weighted by Gasteiger charge is 2.05. The molecule has 0 aliphatic rings. The molecule has 0 aliphatic heterocycles. The summed E-state index contributed by atoms with van der Waals surface area (Å²) in [7, 11) is 0. The van der Waals surface area contributed by atoms with Crippen molar-refractivity contribution in [2.24, 2.45) is 5.18 Å². The molecule has 3 aromatic rings. The Balaban J connectivity index is 1.71. The standard InChI is InChI=1S/C17H14N4O/c18-10-13-9-14(21-22)5-6-16(13)19-8-7-12-11-20-17-4-2-1-3-15(12)17/h1-6,9,11,19-20H,7-8H2. The number of H-pyrrole nitrogens is 1. The van der Waals surface area contributed by atoms with Gasteiger partial charge in [-0.25, -0.2) is 0 Å². The minimum Gasteiger partial charge on any atom is -0.384 e. The molecule has 22 heavy (non-hydrogen) atoms. The van der Waals surface area contributed by atoms with Gasteiger partial charge in [-0.15, -0.1) is 4.91 Å². The van der Waals surface area contributed by atoms with Crippen molar-refractivity contribution in [1.29, 1.82) is 5.26 Å². The Kier molecular flexibility index (Phi) is 3.84. The molecule has 0 unspecified atom stereocenters. The van der Waals surface area contributed by atoms with Gasteiger partial charge in [-0.1, -0.05) is 18.2 Å². The topological polar surface area (TPSA) is 81.0 Å². The third-order valence-corrected chi connectivity index (χ3v) is 3.61. The molecule has 3 rings (SSSR count). The normalized spacial score (nSPS) is 10.3. The third-order valence-electron chi connectivity index (χ3n) is 3.61. The van der Waals surface area contributed by atoms with E-state index in [4.69, 9.17) is 5.26 Å². The van der Waals surface area contributed by atoms with Crippen molar-refractivity contribution >= 4 is 22.3 Å². The number of para-hydroxylation sites is 1. The van der Waals surface area contributed by atoms with E-state index in [2.05, 4.69) is 27.6 Å². The number of aromatic amines is 1. The second-order valence-electron chi connectivity index (χ2n) is 4.97. The van der Waals surface area contributed by atoms with Crippen LogP contribution in [-0.2, 0) is 6.42 Å². The van der Waals surface area contributed by atoms with Crippen molar-refractivity contribution in [2.75, 3.05) is 11.9 Å². The molecule has 2 N–H and O–H groups in total. The summed E-state index contributed by atoms with van der Waals surface area (Å²) >= 11 is 0. The lowest BCUT2D eigenvalue weighted by atomic mass is 10.1. The van der Waals surface area contributed by atoms with Crippen LogP contribution in [-0.4, -0.2) is 11.5 Å². The van der Waals surface area contributed by atoms with E-state index >= 15 is 0 Å². The lowest BCUT2D eigenvalue weighted by Crippen LogP contribution is -2.05. The highest BCUT2D eigenvalue weighted by Crippen LogP contribution is 2.22. The summed E-state index contributed by atoms with van der Waals surface area (Å²) in [6.45, 7) is 0.699. The third kappa shape index (κ3) is 2.67. The van der Waals surface area contributed by atoms with Crippen LogP contribution in [0.3, 0.4) is 0 Å². The minimum absolute atomic E-state index is 0.263. The van der Waals surface area contributed by atoms with Crippen LogP contribution >= 0.6 is 0 Å². The van der Waals surface area contributed by atoms with Gasteiger partial charge in [0.05, 0.1) is 11.3 Å². The van der Waals surface area contributed by atoms with Crippen molar-refractivity contribution in [3.05, 3.63) is 64.7 Å². The zero-order valence-electron chi connectivity index (χ0n) is 11.8. The van der Waals surface area contributed by atoms with Crippen molar-refractivity contribution in [1.82, 2.24) is 4.98 Å². The summed E-state index contributed by atoms with van der Waals surface area (Å²) in [6, 6.07) is 15.0. The number of anilines is 1. The Labute approximate surface area is 127 Å². The molecule has 5 nitrogen and oxygen atoms in total. The lowest BCUT2D eigenvalue weighted by molar-refractivity contribution is 1.03. The number of nitrogens with zero attached hydrogens (tertiary/aromatic N) is 2. The first-order valence-corrected chi connectivity index (χ1v) is 6.98. The van der Waals surface area contributed by atoms with Crippen LogP contribution in [0.4, 0.5) is 11.4 Å². The van der Waals surface area contributed by atoms with E-state index in [0.29, 0.717) is 12.1 Å². The maximum atomic E-state index is 10.5. The smallest absolute Gasteiger partial charge is 0.109 e. The molecule has 0 spiro atoms. The fourth-order valence-corrected chi connectivity index (χ4v) is 2.51. The Bertz CT molecular complexity index is 860. The molecule has 1 aromatic heterocycles. The summed E-state index contributed by atoms with van der Waals surface area (Å²) in [4.78, 5) is 13.7. The predicted molar refractivity (Wildman–Crippen MR) is 87.1 cm³/mol. The van der Waals surface area contributed by atoms with Crippen molar-refractivity contribution < 1.29 is 0 Å². The molecule has 108 valence electrons. The van der Waals surface area contributed by atoms with Crippen LogP contribution in [0, 0.1) is 16.2 Å². The van der Waals surface area contributed by atoms with Gasteiger partial charge in [0.1, 0.15) is 11.8 Å². The monoisotopic (exact) mass is 290 g/mol. The van der Waals surface area contributed by atoms with Crippen LogP contribution in [0.5, 0.6) is 0 Å². The number of nitrogens with one attached hydrogen (secondary N) is 2. The van der Waals surface area contributed by atoms with E-state index in [1.54, 1.807) is 12.1 Å². The van der Waals surface area contributed by atoms with E-state index in [-0.39, 0.29) is 5.69 Å². The van der Waals surface area contributed by atoms with Gasteiger partial charge in [0.25, 0.3) is 0 Å². The Hall–Kier alpha value is -3.13. The number of aromatic nitrogens is 1. The summed E-state index contributed by atoms with van der Waals surface area (Å²) in [5.41, 5.74) is 3.76. The molecule has 0 atom stereocenters. The molecule has 0 fully saturated rings. The highest BCUT2D eigenvalue weighted by atomic mass is 16.3. The average Bonchev–Trinajstić information content (AvgIpc) is 2.98. The first-order valence-electron chi connectivity index (χ1n) is 6.98. The zero-order chi connectivity index (χ0) is 15.4. The van der Waals surface area contributed by atoms with Crippen molar-refractivity contribution in [2.45, 2.75) is 6.42 Å². The molecule has 0 radical (unpaired) electrons. The van der Waals surface area contributed by atoms with Gasteiger partial charge in [0.2, 0.25) is 0 Å². The number of hydrogen-bond donors (Lipinski definition) is 2. The van der Waals surface area contributed by atoms with Gasteiger partial charge in [-0.05, 0) is 41.4 Å². The van der Waals surface area contributed by atoms with E-state index in [9.17, 15) is 4.91 Å². The molecule has 0 aliphatic carbocycles. The van der Waals surface area contributed by atoms with Crippen LogP contribution in [0.25, 0.3) is 10.9 Å². The quantitative estimate of drug-likeness (QED) is 0.694. The van der Waals surface area contributed by atoms with Crippen LogP contribution in [0.2, 0.25) is 0 Å². The Morgan fingerprint density at radius 3 is 2.91 bits per heavy atom. The molecule has 0 saturated carbocycles. The molecular formula is C17H14N4O. The number of nitriles is 1. The predicted octanol–water partition coefficient (Wildman–Crippen LogP) is 4.09. The maximum Gasteiger partial charge on any atom is 0.109 e. The largest absolute Gasteiger partial charge is 0.384 e. The second-order valence-corrected chi connectivity index (χ2v) is 4.97. The van der Waals surface area contributed by atoms with Gasteiger partial charge in [-0.2, -0.15) is 5.26 Å². The minimum atomic E-state index is 0.263. The fraction of sp³-hybridized carbons (Fsp3) is 0.118. The average molecular weight is 290 g/mol. The first kappa shape index (κ1) is 13.8. The van der Waals surface area contributed by atoms with Gasteiger partial charge >= 0.3 is 0 Å². The molecular weight excluding hydrogens is 276 g/mol. The Morgan fingerprint density at radius 1 is 1.23 bits per heavy atom. The molecule has 2 aromatic carbocycles. The fourth-order valence-electron chi connectivity index (χ4n) is 2.51. The molecule has 0 saturated heterocycles. The van der Waals surface area contributed by atoms with Gasteiger partial charge in [0, 0.05) is 23.6 Å². The number of nitroso groups, excluding NO2 is 1.